The molecule has 2 amide bonds. The first-order valence-corrected chi connectivity index (χ1v) is 11.4. The SMILES string of the molecule is CC(OC(=O)[C@H](C)NS(=O)(=O)c1ccccc1)C(=O)N1CC(=O)Nc2cc(C(F)(F)F)ccc21. The predicted octanol–water partition coefficient (Wildman–Crippen LogP) is 2.29. The van der Waals surface area contributed by atoms with Gasteiger partial charge in [-0.05, 0) is 44.2 Å². The molecule has 0 spiro atoms. The van der Waals surface area contributed by atoms with E-state index in [1.54, 1.807) is 6.07 Å². The van der Waals surface area contributed by atoms with Crippen LogP contribution in [0, 0.1) is 0 Å². The average Bonchev–Trinajstić information content (AvgIpc) is 2.77. The van der Waals surface area contributed by atoms with E-state index in [1.807, 2.05) is 0 Å². The molecule has 0 fully saturated rings. The lowest BCUT2D eigenvalue weighted by molar-refractivity contribution is -0.155. The van der Waals surface area contributed by atoms with E-state index in [1.165, 1.54) is 38.1 Å². The molecule has 1 aliphatic heterocycles. The maximum atomic E-state index is 13.0. The van der Waals surface area contributed by atoms with Crippen LogP contribution in [0.5, 0.6) is 0 Å². The molecule has 0 aromatic heterocycles. The molecule has 0 saturated heterocycles. The van der Waals surface area contributed by atoms with Crippen LogP contribution >= 0.6 is 0 Å². The van der Waals surface area contributed by atoms with Gasteiger partial charge in [-0.15, -0.1) is 0 Å². The van der Waals surface area contributed by atoms with Gasteiger partial charge in [0.05, 0.1) is 21.8 Å². The number of esters is 1. The third-order valence-electron chi connectivity index (χ3n) is 4.84. The highest BCUT2D eigenvalue weighted by atomic mass is 32.2. The zero-order valence-electron chi connectivity index (χ0n) is 17.9. The molecule has 182 valence electrons. The summed E-state index contributed by atoms with van der Waals surface area (Å²) < 4.78 is 70.9. The second-order valence-corrected chi connectivity index (χ2v) is 9.15. The van der Waals surface area contributed by atoms with E-state index < -0.39 is 58.2 Å². The summed E-state index contributed by atoms with van der Waals surface area (Å²) in [6.07, 6.45) is -6.12. The number of halogens is 3. The Morgan fingerprint density at radius 2 is 1.76 bits per heavy atom. The monoisotopic (exact) mass is 499 g/mol. The number of nitrogens with zero attached hydrogens (tertiary/aromatic N) is 1. The number of anilines is 2. The maximum Gasteiger partial charge on any atom is 0.416 e. The van der Waals surface area contributed by atoms with Gasteiger partial charge < -0.3 is 10.1 Å². The van der Waals surface area contributed by atoms with Gasteiger partial charge in [0.2, 0.25) is 15.9 Å². The van der Waals surface area contributed by atoms with Gasteiger partial charge in [-0.2, -0.15) is 17.9 Å². The average molecular weight is 499 g/mol. The van der Waals surface area contributed by atoms with Gasteiger partial charge >= 0.3 is 12.1 Å². The third-order valence-corrected chi connectivity index (χ3v) is 6.39. The minimum Gasteiger partial charge on any atom is -0.451 e. The standard InChI is InChI=1S/C21H20F3N3O6S/c1-12(26-34(31,32)15-6-4-3-5-7-15)20(30)33-13(2)19(29)27-11-18(28)25-16-10-14(21(22,23)24)8-9-17(16)27/h3-10,12-13,26H,11H2,1-2H3,(H,25,28)/t12-,13?/m0/s1. The van der Waals surface area contributed by atoms with E-state index in [0.29, 0.717) is 6.07 Å². The quantitative estimate of drug-likeness (QED) is 0.589. The molecule has 34 heavy (non-hydrogen) atoms. The zero-order chi connectivity index (χ0) is 25.3. The molecule has 13 heteroatoms. The Morgan fingerprint density at radius 1 is 1.12 bits per heavy atom. The van der Waals surface area contributed by atoms with Crippen molar-refractivity contribution in [3.8, 4) is 0 Å². The first kappa shape index (κ1) is 25.2. The molecule has 2 N–H and O–H groups in total. The minimum atomic E-state index is -4.65. The Kier molecular flexibility index (Phi) is 6.98. The summed E-state index contributed by atoms with van der Waals surface area (Å²) in [6.45, 7) is 1.92. The van der Waals surface area contributed by atoms with Gasteiger partial charge in [0.1, 0.15) is 12.6 Å². The largest absolute Gasteiger partial charge is 0.451 e. The summed E-state index contributed by atoms with van der Waals surface area (Å²) in [4.78, 5) is 38.0. The van der Waals surface area contributed by atoms with Crippen molar-refractivity contribution in [2.75, 3.05) is 16.8 Å². The molecular formula is C21H20F3N3O6S. The molecule has 0 saturated carbocycles. The van der Waals surface area contributed by atoms with E-state index in [9.17, 15) is 36.0 Å². The van der Waals surface area contributed by atoms with Gasteiger partial charge in [-0.1, -0.05) is 18.2 Å². The number of carbonyl (C=O) groups is 3. The Labute approximate surface area is 192 Å². The Morgan fingerprint density at radius 3 is 2.38 bits per heavy atom. The van der Waals surface area contributed by atoms with Crippen LogP contribution in [0.3, 0.4) is 0 Å². The number of carbonyl (C=O) groups excluding carboxylic acids is 3. The lowest BCUT2D eigenvalue weighted by Gasteiger charge is -2.31. The summed E-state index contributed by atoms with van der Waals surface area (Å²) >= 11 is 0. The molecule has 1 heterocycles. The van der Waals surface area contributed by atoms with Crippen molar-refractivity contribution in [3.05, 3.63) is 54.1 Å². The number of ether oxygens (including phenoxy) is 1. The molecule has 1 aliphatic rings. The van der Waals surface area contributed by atoms with E-state index in [2.05, 4.69) is 10.0 Å². The summed E-state index contributed by atoms with van der Waals surface area (Å²) in [6, 6.07) is 8.41. The molecule has 2 atom stereocenters. The highest BCUT2D eigenvalue weighted by Gasteiger charge is 2.36. The fourth-order valence-electron chi connectivity index (χ4n) is 3.16. The first-order valence-electron chi connectivity index (χ1n) is 9.90. The smallest absolute Gasteiger partial charge is 0.416 e. The maximum absolute atomic E-state index is 13.0. The number of nitrogens with one attached hydrogen (secondary N) is 2. The van der Waals surface area contributed by atoms with Gasteiger partial charge in [-0.3, -0.25) is 19.3 Å². The second-order valence-electron chi connectivity index (χ2n) is 7.44. The molecule has 2 aromatic carbocycles. The molecule has 3 rings (SSSR count). The van der Waals surface area contributed by atoms with E-state index in [-0.39, 0.29) is 16.3 Å². The van der Waals surface area contributed by atoms with Crippen molar-refractivity contribution < 1.29 is 40.7 Å². The Bertz CT molecular complexity index is 1220. The van der Waals surface area contributed by atoms with Crippen molar-refractivity contribution in [1.29, 1.82) is 0 Å². The first-order chi connectivity index (χ1) is 15.8. The minimum absolute atomic E-state index is 0.00155. The fraction of sp³-hybridized carbons (Fsp3) is 0.286. The number of fused-ring (bicyclic) bond motifs is 1. The molecule has 9 nitrogen and oxygen atoms in total. The van der Waals surface area contributed by atoms with Crippen LogP contribution in [0.2, 0.25) is 0 Å². The van der Waals surface area contributed by atoms with Gasteiger partial charge in [0, 0.05) is 0 Å². The van der Waals surface area contributed by atoms with Crippen LogP contribution in [0.15, 0.2) is 53.4 Å². The molecule has 1 unspecified atom stereocenters. The van der Waals surface area contributed by atoms with Crippen molar-refractivity contribution in [1.82, 2.24) is 4.72 Å². The summed E-state index contributed by atoms with van der Waals surface area (Å²) in [5.41, 5.74) is -1.24. The third kappa shape index (κ3) is 5.54. The van der Waals surface area contributed by atoms with Gasteiger partial charge in [-0.25, -0.2) is 8.42 Å². The number of amides is 2. The van der Waals surface area contributed by atoms with Crippen molar-refractivity contribution in [3.63, 3.8) is 0 Å². The van der Waals surface area contributed by atoms with Gasteiger partial charge in [0.15, 0.2) is 6.10 Å². The van der Waals surface area contributed by atoms with Crippen molar-refractivity contribution in [2.24, 2.45) is 0 Å². The van der Waals surface area contributed by atoms with Crippen LogP contribution < -0.4 is 14.9 Å². The summed E-state index contributed by atoms with van der Waals surface area (Å²) in [5, 5.41) is 2.28. The highest BCUT2D eigenvalue weighted by Crippen LogP contribution is 2.37. The molecule has 2 aromatic rings. The van der Waals surface area contributed by atoms with Crippen LogP contribution in [0.25, 0.3) is 0 Å². The fourth-order valence-corrected chi connectivity index (χ4v) is 4.37. The predicted molar refractivity (Wildman–Crippen MR) is 114 cm³/mol. The lowest BCUT2D eigenvalue weighted by atomic mass is 10.1. The van der Waals surface area contributed by atoms with E-state index in [0.717, 1.165) is 17.0 Å². The van der Waals surface area contributed by atoms with Gasteiger partial charge in [0.25, 0.3) is 5.91 Å². The number of benzene rings is 2. The topological polar surface area (TPSA) is 122 Å². The summed E-state index contributed by atoms with van der Waals surface area (Å²) in [7, 11) is -4.04. The normalized spacial score (nSPS) is 15.7. The molecule has 0 radical (unpaired) electrons. The van der Waals surface area contributed by atoms with Crippen molar-refractivity contribution >= 4 is 39.2 Å². The van der Waals surface area contributed by atoms with E-state index in [4.69, 9.17) is 4.74 Å². The zero-order valence-corrected chi connectivity index (χ0v) is 18.7. The molecular weight excluding hydrogens is 479 g/mol. The lowest BCUT2D eigenvalue weighted by Crippen LogP contribution is -2.48. The molecule has 0 bridgehead atoms. The number of hydrogen-bond acceptors (Lipinski definition) is 6. The number of sulfonamides is 1. The Balaban J connectivity index is 1.72. The van der Waals surface area contributed by atoms with Crippen LogP contribution in [-0.4, -0.2) is 44.9 Å². The van der Waals surface area contributed by atoms with Crippen LogP contribution in [0.1, 0.15) is 19.4 Å². The summed E-state index contributed by atoms with van der Waals surface area (Å²) in [5.74, 6) is -2.67. The Hall–Kier alpha value is -3.45. The van der Waals surface area contributed by atoms with E-state index >= 15 is 0 Å². The second kappa shape index (κ2) is 9.43. The highest BCUT2D eigenvalue weighted by molar-refractivity contribution is 7.89. The number of hydrogen-bond donors (Lipinski definition) is 2. The van der Waals surface area contributed by atoms with Crippen LogP contribution in [0.4, 0.5) is 24.5 Å². The van der Waals surface area contributed by atoms with Crippen LogP contribution in [-0.2, 0) is 35.3 Å². The number of alkyl halides is 3. The number of rotatable bonds is 6. The van der Waals surface area contributed by atoms with Crippen molar-refractivity contribution in [2.45, 2.75) is 37.1 Å². The molecule has 0 aliphatic carbocycles.